The van der Waals surface area contributed by atoms with Crippen LogP contribution in [-0.4, -0.2) is 59.7 Å². The van der Waals surface area contributed by atoms with Crippen LogP contribution in [0, 0.1) is 29.1 Å². The molecule has 2 aliphatic heterocycles. The standard InChI is InChI=1S/C21H23F5N2O4/c22-14-15(23)17(25)19(18(26)16(14)24)31-10-13(29)27-8-4-12(5-9-27)28-11-21(32-20(28)30)6-2-1-3-7-21/h12H,1-11H2. The number of carbonyl (C=O) groups excluding carboxylic acids is 2. The molecular weight excluding hydrogens is 439 g/mol. The molecule has 176 valence electrons. The minimum atomic E-state index is -2.30. The SMILES string of the molecule is O=C(COc1c(F)c(F)c(F)c(F)c1F)N1CCC(N2CC3(CCCCC3)OC2=O)CC1. The second kappa shape index (κ2) is 8.74. The average Bonchev–Trinajstić information content (AvgIpc) is 3.11. The summed E-state index contributed by atoms with van der Waals surface area (Å²) in [4.78, 5) is 27.9. The van der Waals surface area contributed by atoms with E-state index in [0.717, 1.165) is 32.1 Å². The van der Waals surface area contributed by atoms with Crippen molar-refractivity contribution in [2.45, 2.75) is 56.6 Å². The van der Waals surface area contributed by atoms with E-state index in [0.29, 0.717) is 19.4 Å². The van der Waals surface area contributed by atoms with E-state index in [1.54, 1.807) is 4.90 Å². The highest BCUT2D eigenvalue weighted by Crippen LogP contribution is 2.38. The summed E-state index contributed by atoms with van der Waals surface area (Å²) in [7, 11) is 0. The number of benzene rings is 1. The fourth-order valence-electron chi connectivity index (χ4n) is 4.75. The van der Waals surface area contributed by atoms with Crippen molar-refractivity contribution in [3.8, 4) is 5.75 Å². The van der Waals surface area contributed by atoms with E-state index in [1.807, 2.05) is 0 Å². The van der Waals surface area contributed by atoms with Gasteiger partial charge in [-0.1, -0.05) is 6.42 Å². The molecule has 32 heavy (non-hydrogen) atoms. The van der Waals surface area contributed by atoms with Gasteiger partial charge in [0, 0.05) is 19.1 Å². The van der Waals surface area contributed by atoms with Crippen molar-refractivity contribution in [2.75, 3.05) is 26.2 Å². The summed E-state index contributed by atoms with van der Waals surface area (Å²) < 4.78 is 77.3. The number of piperidine rings is 1. The Morgan fingerprint density at radius 2 is 1.50 bits per heavy atom. The molecule has 0 unspecified atom stereocenters. The van der Waals surface area contributed by atoms with Gasteiger partial charge in [0.15, 0.2) is 12.4 Å². The molecule has 4 rings (SSSR count). The zero-order valence-corrected chi connectivity index (χ0v) is 17.3. The summed E-state index contributed by atoms with van der Waals surface area (Å²) in [6.45, 7) is 0.188. The summed E-state index contributed by atoms with van der Waals surface area (Å²) in [5, 5.41) is 0. The molecule has 1 saturated carbocycles. The normalized spacial score (nSPS) is 21.2. The first kappa shape index (κ1) is 22.6. The lowest BCUT2D eigenvalue weighted by molar-refractivity contribution is -0.134. The van der Waals surface area contributed by atoms with Gasteiger partial charge in [-0.25, -0.2) is 18.0 Å². The molecular formula is C21H23F5N2O4. The molecule has 2 amide bonds. The first-order valence-corrected chi connectivity index (χ1v) is 10.6. The molecule has 3 fully saturated rings. The predicted molar refractivity (Wildman–Crippen MR) is 100 cm³/mol. The number of hydrogen-bond donors (Lipinski definition) is 0. The predicted octanol–water partition coefficient (Wildman–Crippen LogP) is 3.91. The van der Waals surface area contributed by atoms with Crippen molar-refractivity contribution >= 4 is 12.0 Å². The molecule has 1 aliphatic carbocycles. The van der Waals surface area contributed by atoms with Crippen LogP contribution < -0.4 is 4.74 Å². The Hall–Kier alpha value is -2.59. The van der Waals surface area contributed by atoms with Crippen molar-refractivity contribution in [3.63, 3.8) is 0 Å². The number of ether oxygens (including phenoxy) is 2. The summed E-state index contributed by atoms with van der Waals surface area (Å²) >= 11 is 0. The van der Waals surface area contributed by atoms with Crippen molar-refractivity contribution in [1.82, 2.24) is 9.80 Å². The maximum Gasteiger partial charge on any atom is 0.410 e. The fourth-order valence-corrected chi connectivity index (χ4v) is 4.75. The van der Waals surface area contributed by atoms with E-state index in [1.165, 1.54) is 4.90 Å². The van der Waals surface area contributed by atoms with Gasteiger partial charge in [0.05, 0.1) is 6.54 Å². The van der Waals surface area contributed by atoms with Gasteiger partial charge in [-0.2, -0.15) is 8.78 Å². The molecule has 2 heterocycles. The Kier molecular flexibility index (Phi) is 6.17. The molecule has 6 nitrogen and oxygen atoms in total. The molecule has 1 aromatic carbocycles. The highest BCUT2D eigenvalue weighted by Gasteiger charge is 2.48. The van der Waals surface area contributed by atoms with Gasteiger partial charge < -0.3 is 19.3 Å². The first-order valence-electron chi connectivity index (χ1n) is 10.6. The number of rotatable bonds is 4. The Labute approximate surface area is 181 Å². The number of halogens is 5. The summed E-state index contributed by atoms with van der Waals surface area (Å²) in [5.41, 5.74) is -0.413. The minimum absolute atomic E-state index is 0.0936. The molecule has 1 spiro atoms. The summed E-state index contributed by atoms with van der Waals surface area (Å²) in [6, 6.07) is -0.0936. The zero-order valence-electron chi connectivity index (χ0n) is 17.3. The lowest BCUT2D eigenvalue weighted by atomic mass is 9.84. The van der Waals surface area contributed by atoms with Crippen LogP contribution in [0.25, 0.3) is 0 Å². The van der Waals surface area contributed by atoms with E-state index in [4.69, 9.17) is 4.74 Å². The fraction of sp³-hybridized carbons (Fsp3) is 0.619. The molecule has 1 aromatic rings. The number of carbonyl (C=O) groups is 2. The van der Waals surface area contributed by atoms with Gasteiger partial charge in [-0.3, -0.25) is 4.79 Å². The van der Waals surface area contributed by atoms with E-state index < -0.39 is 53.0 Å². The quantitative estimate of drug-likeness (QED) is 0.387. The number of likely N-dealkylation sites (tertiary alicyclic amines) is 1. The third-order valence-corrected chi connectivity index (χ3v) is 6.53. The van der Waals surface area contributed by atoms with Crippen LogP contribution in [0.4, 0.5) is 26.7 Å². The van der Waals surface area contributed by atoms with Gasteiger partial charge in [0.25, 0.3) is 5.91 Å². The van der Waals surface area contributed by atoms with Crippen LogP contribution in [0.15, 0.2) is 0 Å². The maximum atomic E-state index is 13.7. The second-order valence-electron chi connectivity index (χ2n) is 8.54. The average molecular weight is 462 g/mol. The molecule has 2 saturated heterocycles. The Morgan fingerprint density at radius 1 is 0.938 bits per heavy atom. The third kappa shape index (κ3) is 4.09. The smallest absolute Gasteiger partial charge is 0.410 e. The second-order valence-corrected chi connectivity index (χ2v) is 8.54. The van der Waals surface area contributed by atoms with Gasteiger partial charge in [-0.05, 0) is 38.5 Å². The largest absolute Gasteiger partial charge is 0.477 e. The highest BCUT2D eigenvalue weighted by atomic mass is 19.2. The maximum absolute atomic E-state index is 13.7. The van der Waals surface area contributed by atoms with Crippen LogP contribution in [0.2, 0.25) is 0 Å². The van der Waals surface area contributed by atoms with E-state index in [-0.39, 0.29) is 25.2 Å². The van der Waals surface area contributed by atoms with Crippen LogP contribution in [0.3, 0.4) is 0 Å². The molecule has 0 radical (unpaired) electrons. The molecule has 3 aliphatic rings. The molecule has 0 N–H and O–H groups in total. The van der Waals surface area contributed by atoms with Gasteiger partial charge in [0.1, 0.15) is 5.60 Å². The summed E-state index contributed by atoms with van der Waals surface area (Å²) in [6.07, 6.45) is 5.51. The van der Waals surface area contributed by atoms with E-state index in [9.17, 15) is 31.5 Å². The number of hydrogen-bond acceptors (Lipinski definition) is 4. The number of amides is 2. The van der Waals surface area contributed by atoms with E-state index >= 15 is 0 Å². The van der Waals surface area contributed by atoms with Gasteiger partial charge in [-0.15, -0.1) is 0 Å². The lowest BCUT2D eigenvalue weighted by Gasteiger charge is -2.36. The molecule has 0 atom stereocenters. The monoisotopic (exact) mass is 462 g/mol. The highest BCUT2D eigenvalue weighted by molar-refractivity contribution is 5.78. The van der Waals surface area contributed by atoms with Crippen LogP contribution in [-0.2, 0) is 9.53 Å². The topological polar surface area (TPSA) is 59.1 Å². The van der Waals surface area contributed by atoms with Gasteiger partial charge in [0.2, 0.25) is 29.1 Å². The van der Waals surface area contributed by atoms with Crippen LogP contribution in [0.1, 0.15) is 44.9 Å². The molecule has 0 bridgehead atoms. The Morgan fingerprint density at radius 3 is 2.09 bits per heavy atom. The van der Waals surface area contributed by atoms with E-state index in [2.05, 4.69) is 4.74 Å². The Balaban J connectivity index is 1.31. The van der Waals surface area contributed by atoms with Crippen molar-refractivity contribution in [1.29, 1.82) is 0 Å². The first-order chi connectivity index (χ1) is 15.2. The number of nitrogens with zero attached hydrogens (tertiary/aromatic N) is 2. The minimum Gasteiger partial charge on any atom is -0.477 e. The third-order valence-electron chi connectivity index (χ3n) is 6.53. The van der Waals surface area contributed by atoms with Crippen LogP contribution in [0.5, 0.6) is 5.75 Å². The lowest BCUT2D eigenvalue weighted by Crippen LogP contribution is -2.49. The van der Waals surface area contributed by atoms with Crippen LogP contribution >= 0.6 is 0 Å². The van der Waals surface area contributed by atoms with Crippen molar-refractivity contribution in [2.24, 2.45) is 0 Å². The molecule has 11 heteroatoms. The van der Waals surface area contributed by atoms with Crippen molar-refractivity contribution in [3.05, 3.63) is 29.1 Å². The zero-order chi connectivity index (χ0) is 23.0. The van der Waals surface area contributed by atoms with Gasteiger partial charge >= 0.3 is 6.09 Å². The summed E-state index contributed by atoms with van der Waals surface area (Å²) in [5.74, 6) is -13.0. The Bertz CT molecular complexity index is 885. The molecule has 0 aromatic heterocycles. The van der Waals surface area contributed by atoms with Crippen molar-refractivity contribution < 1.29 is 41.0 Å².